The van der Waals surface area contributed by atoms with E-state index in [0.717, 1.165) is 112 Å². The zero-order valence-electron chi connectivity index (χ0n) is 38.3. The molecule has 9 rings (SSSR count). The SMILES string of the molecule is CCn1c(-c2cccnc2[C@H](C)OC)c2c3cc(ccc31)C1=CCCN(C1)C[C@H](NC(=O)[C@H](C1CCCC1)N1CC[C@]3(CCNC3)C1)C(=O)N1CCC[C@H](N1)C(=O)OCC(C)(C)C2. The van der Waals surface area contributed by atoms with Gasteiger partial charge in [0.05, 0.1) is 30.1 Å². The summed E-state index contributed by atoms with van der Waals surface area (Å²) in [5.74, 6) is -0.306. The van der Waals surface area contributed by atoms with Crippen molar-refractivity contribution >= 4 is 34.3 Å². The lowest BCUT2D eigenvalue weighted by atomic mass is 9.84. The van der Waals surface area contributed by atoms with Gasteiger partial charge in [0, 0.05) is 81.0 Å². The second-order valence-corrected chi connectivity index (χ2v) is 20.3. The Morgan fingerprint density at radius 1 is 1.08 bits per heavy atom. The number of methoxy groups -OCH3 is 1. The number of fused-ring (bicyclic) bond motifs is 6. The molecule has 63 heavy (non-hydrogen) atoms. The first-order valence-electron chi connectivity index (χ1n) is 24.0. The van der Waals surface area contributed by atoms with Crippen molar-refractivity contribution in [1.82, 2.24) is 40.4 Å². The van der Waals surface area contributed by atoms with Gasteiger partial charge in [-0.05, 0) is 131 Å². The van der Waals surface area contributed by atoms with Crippen LogP contribution in [0.5, 0.6) is 0 Å². The van der Waals surface area contributed by atoms with Gasteiger partial charge in [0.25, 0.3) is 5.91 Å². The van der Waals surface area contributed by atoms with Gasteiger partial charge in [0.1, 0.15) is 12.1 Å². The minimum absolute atomic E-state index is 0.0285. The number of nitrogens with zero attached hydrogens (tertiary/aromatic N) is 5. The topological polar surface area (TPSA) is 133 Å². The maximum atomic E-state index is 14.9. The number of hydrogen-bond donors (Lipinski definition) is 3. The molecule has 6 aliphatic rings. The highest BCUT2D eigenvalue weighted by molar-refractivity contribution is 5.95. The standard InChI is InChI=1S/C50H70N8O5/c1-6-57-42-18-17-35-26-38(42)39(45(57)37-15-9-21-52-43(37)33(2)62-5)27-49(3,4)32-63-48(61)40-16-11-24-58(54-40)47(60)41(29-55-23-10-14-36(35)28-55)53-46(59)44(34-12-7-8-13-34)56-25-20-50(31-56)19-22-51-30-50/h9,14-15,17-18,21,26,33-34,40-41,44,51,54H,6-8,10-13,16,19-20,22-25,27-32H2,1-5H3,(H,53,59)/t33-,40-,41-,44-,50-/m0/s1. The number of esters is 1. The monoisotopic (exact) mass is 863 g/mol. The minimum atomic E-state index is -0.788. The molecule has 3 aromatic rings. The Morgan fingerprint density at radius 2 is 1.92 bits per heavy atom. The van der Waals surface area contributed by atoms with Gasteiger partial charge >= 0.3 is 5.97 Å². The second-order valence-electron chi connectivity index (χ2n) is 20.3. The number of pyridine rings is 1. The number of aromatic nitrogens is 2. The first-order chi connectivity index (χ1) is 30.5. The van der Waals surface area contributed by atoms with Gasteiger partial charge in [0.2, 0.25) is 5.91 Å². The fraction of sp³-hybridized carbons (Fsp3) is 0.640. The maximum absolute atomic E-state index is 14.9. The highest BCUT2D eigenvalue weighted by atomic mass is 16.5. The van der Waals surface area contributed by atoms with Gasteiger partial charge < -0.3 is 24.7 Å². The third kappa shape index (κ3) is 8.97. The Bertz CT molecular complexity index is 2200. The lowest BCUT2D eigenvalue weighted by Gasteiger charge is -2.39. The first-order valence-corrected chi connectivity index (χ1v) is 24.0. The number of benzene rings is 1. The predicted octanol–water partition coefficient (Wildman–Crippen LogP) is 5.87. The molecule has 6 bridgehead atoms. The third-order valence-corrected chi connectivity index (χ3v) is 15.3. The van der Waals surface area contributed by atoms with Crippen LogP contribution in [0, 0.1) is 16.7 Å². The van der Waals surface area contributed by atoms with Crippen LogP contribution in [0.25, 0.3) is 27.7 Å². The van der Waals surface area contributed by atoms with Gasteiger partial charge in [-0.25, -0.2) is 5.43 Å². The Morgan fingerprint density at radius 3 is 2.70 bits per heavy atom. The fourth-order valence-electron chi connectivity index (χ4n) is 11.9. The molecule has 1 aromatic carbocycles. The molecule has 3 saturated heterocycles. The molecule has 7 heterocycles. The van der Waals surface area contributed by atoms with Crippen molar-refractivity contribution in [3.05, 3.63) is 59.4 Å². The number of amides is 2. The van der Waals surface area contributed by atoms with Crippen LogP contribution in [0.15, 0.2) is 42.6 Å². The number of carbonyl (C=O) groups excluding carboxylic acids is 3. The molecule has 5 aliphatic heterocycles. The summed E-state index contributed by atoms with van der Waals surface area (Å²) in [5, 5.41) is 9.74. The molecule has 2 aromatic heterocycles. The number of nitrogens with one attached hydrogen (secondary N) is 3. The Balaban J connectivity index is 1.08. The van der Waals surface area contributed by atoms with E-state index in [2.05, 4.69) is 81.5 Å². The number of likely N-dealkylation sites (tertiary alicyclic amines) is 1. The van der Waals surface area contributed by atoms with Crippen molar-refractivity contribution in [2.24, 2.45) is 16.7 Å². The van der Waals surface area contributed by atoms with E-state index >= 15 is 0 Å². The zero-order valence-corrected chi connectivity index (χ0v) is 38.3. The molecule has 1 aliphatic carbocycles. The zero-order chi connectivity index (χ0) is 43.9. The number of carbonyl (C=O) groups is 3. The summed E-state index contributed by atoms with van der Waals surface area (Å²) in [4.78, 5) is 53.4. The van der Waals surface area contributed by atoms with Crippen LogP contribution in [-0.4, -0.2) is 126 Å². The molecule has 3 N–H and O–H groups in total. The molecule has 6 atom stereocenters. The lowest BCUT2D eigenvalue weighted by Crippen LogP contribution is -2.63. The number of hydrogen-bond acceptors (Lipinski definition) is 10. The molecular weight excluding hydrogens is 793 g/mol. The summed E-state index contributed by atoms with van der Waals surface area (Å²) in [6.45, 7) is 15.7. The normalized spacial score (nSPS) is 28.2. The molecule has 0 radical (unpaired) electrons. The molecular formula is C50H70N8O5. The predicted molar refractivity (Wildman–Crippen MR) is 245 cm³/mol. The van der Waals surface area contributed by atoms with E-state index in [-0.39, 0.29) is 47.9 Å². The van der Waals surface area contributed by atoms with E-state index in [1.165, 1.54) is 16.5 Å². The van der Waals surface area contributed by atoms with E-state index in [0.29, 0.717) is 38.9 Å². The second kappa shape index (κ2) is 18.4. The van der Waals surface area contributed by atoms with Crippen molar-refractivity contribution < 1.29 is 23.9 Å². The van der Waals surface area contributed by atoms with E-state index in [4.69, 9.17) is 14.5 Å². The van der Waals surface area contributed by atoms with Gasteiger partial charge in [-0.3, -0.25) is 34.2 Å². The average Bonchev–Trinajstić information content (AvgIpc) is 4.13. The summed E-state index contributed by atoms with van der Waals surface area (Å²) in [7, 11) is 1.72. The van der Waals surface area contributed by atoms with Gasteiger partial charge in [-0.2, -0.15) is 0 Å². The van der Waals surface area contributed by atoms with Crippen LogP contribution in [0.1, 0.15) is 108 Å². The van der Waals surface area contributed by atoms with Crippen LogP contribution in [-0.2, 0) is 36.8 Å². The number of aryl methyl sites for hydroxylation is 1. The van der Waals surface area contributed by atoms with Crippen LogP contribution in [0.3, 0.4) is 0 Å². The molecule has 13 heteroatoms. The number of ether oxygens (including phenoxy) is 2. The number of cyclic esters (lactones) is 1. The molecule has 4 fully saturated rings. The summed E-state index contributed by atoms with van der Waals surface area (Å²) < 4.78 is 14.4. The lowest BCUT2D eigenvalue weighted by molar-refractivity contribution is -0.155. The molecule has 1 saturated carbocycles. The van der Waals surface area contributed by atoms with E-state index in [1.54, 1.807) is 12.1 Å². The third-order valence-electron chi connectivity index (χ3n) is 15.3. The van der Waals surface area contributed by atoms with Crippen molar-refractivity contribution in [3.63, 3.8) is 0 Å². The van der Waals surface area contributed by atoms with Gasteiger partial charge in [-0.15, -0.1) is 0 Å². The van der Waals surface area contributed by atoms with E-state index < -0.39 is 17.5 Å². The molecule has 2 amide bonds. The largest absolute Gasteiger partial charge is 0.464 e. The van der Waals surface area contributed by atoms with Crippen LogP contribution < -0.4 is 16.1 Å². The Labute approximate surface area is 373 Å². The highest BCUT2D eigenvalue weighted by Crippen LogP contribution is 2.43. The van der Waals surface area contributed by atoms with E-state index in [1.807, 2.05) is 19.2 Å². The summed E-state index contributed by atoms with van der Waals surface area (Å²) in [6, 6.07) is 9.27. The van der Waals surface area contributed by atoms with Crippen LogP contribution >= 0.6 is 0 Å². The highest BCUT2D eigenvalue weighted by Gasteiger charge is 2.47. The van der Waals surface area contributed by atoms with Gasteiger partial charge in [0.15, 0.2) is 0 Å². The molecule has 1 unspecified atom stereocenters. The van der Waals surface area contributed by atoms with Crippen LogP contribution in [0.4, 0.5) is 0 Å². The quantitative estimate of drug-likeness (QED) is 0.237. The Hall–Kier alpha value is -4.14. The maximum Gasteiger partial charge on any atom is 0.324 e. The summed E-state index contributed by atoms with van der Waals surface area (Å²) >= 11 is 0. The van der Waals surface area contributed by atoms with E-state index in [9.17, 15) is 14.4 Å². The molecule has 13 nitrogen and oxygen atoms in total. The average molecular weight is 863 g/mol. The van der Waals surface area contributed by atoms with Crippen molar-refractivity contribution in [2.45, 2.75) is 123 Å². The smallest absolute Gasteiger partial charge is 0.324 e. The van der Waals surface area contributed by atoms with Gasteiger partial charge in [-0.1, -0.05) is 38.8 Å². The van der Waals surface area contributed by atoms with Crippen molar-refractivity contribution in [2.75, 3.05) is 66.1 Å². The molecule has 340 valence electrons. The van der Waals surface area contributed by atoms with Crippen LogP contribution in [0.2, 0.25) is 0 Å². The number of rotatable bonds is 8. The molecule has 1 spiro atoms. The number of hydrazine groups is 1. The Kier molecular flexibility index (Phi) is 12.9. The minimum Gasteiger partial charge on any atom is -0.464 e. The van der Waals surface area contributed by atoms with Crippen molar-refractivity contribution in [1.29, 1.82) is 0 Å². The summed E-state index contributed by atoms with van der Waals surface area (Å²) in [5.41, 5.74) is 10.8. The first kappa shape index (κ1) is 44.1. The van der Waals surface area contributed by atoms with Crippen molar-refractivity contribution in [3.8, 4) is 11.3 Å². The fourth-order valence-corrected chi connectivity index (χ4v) is 11.9. The summed E-state index contributed by atoms with van der Waals surface area (Å²) in [6.07, 6.45) is 13.3.